The molecule has 2 fully saturated rings. The van der Waals surface area contributed by atoms with E-state index in [2.05, 4.69) is 13.8 Å². The molecule has 8 nitrogen and oxygen atoms in total. The summed E-state index contributed by atoms with van der Waals surface area (Å²) in [6.07, 6.45) is 3.07. The lowest BCUT2D eigenvalue weighted by molar-refractivity contribution is -0.138. The normalized spacial score (nSPS) is 32.3. The van der Waals surface area contributed by atoms with Crippen molar-refractivity contribution in [2.75, 3.05) is 34.5 Å². The lowest BCUT2D eigenvalue weighted by atomic mass is 9.70. The fourth-order valence-electron chi connectivity index (χ4n) is 6.11. The van der Waals surface area contributed by atoms with Crippen LogP contribution in [0.25, 0.3) is 0 Å². The first kappa shape index (κ1) is 24.0. The van der Waals surface area contributed by atoms with Crippen LogP contribution in [-0.2, 0) is 19.1 Å². The molecule has 1 amide bonds. The van der Waals surface area contributed by atoms with Crippen LogP contribution in [0.3, 0.4) is 0 Å². The lowest BCUT2D eigenvalue weighted by Gasteiger charge is -2.40. The molecule has 3 heterocycles. The van der Waals surface area contributed by atoms with Gasteiger partial charge in [-0.3, -0.25) is 9.59 Å². The van der Waals surface area contributed by atoms with Gasteiger partial charge < -0.3 is 28.6 Å². The number of rotatable bonds is 6. The van der Waals surface area contributed by atoms with Crippen molar-refractivity contribution in [3.05, 3.63) is 29.0 Å². The second-order valence-electron chi connectivity index (χ2n) is 10.2. The van der Waals surface area contributed by atoms with E-state index in [1.165, 1.54) is 0 Å². The zero-order valence-corrected chi connectivity index (χ0v) is 21.2. The number of ketones is 1. The van der Waals surface area contributed by atoms with Crippen LogP contribution in [0.15, 0.2) is 23.5 Å². The molecule has 0 bridgehead atoms. The van der Waals surface area contributed by atoms with Crippen molar-refractivity contribution in [3.63, 3.8) is 0 Å². The van der Waals surface area contributed by atoms with Crippen molar-refractivity contribution >= 4 is 11.7 Å². The molecule has 190 valence electrons. The van der Waals surface area contributed by atoms with Gasteiger partial charge in [0.15, 0.2) is 23.0 Å². The monoisotopic (exact) mass is 485 g/mol. The summed E-state index contributed by atoms with van der Waals surface area (Å²) >= 11 is 0. The summed E-state index contributed by atoms with van der Waals surface area (Å²) in [6.45, 7) is 5.46. The zero-order valence-electron chi connectivity index (χ0n) is 21.2. The van der Waals surface area contributed by atoms with Gasteiger partial charge in [0.2, 0.25) is 5.75 Å². The van der Waals surface area contributed by atoms with Crippen LogP contribution in [0.4, 0.5) is 0 Å². The van der Waals surface area contributed by atoms with Crippen LogP contribution in [0.1, 0.15) is 51.1 Å². The second-order valence-corrected chi connectivity index (χ2v) is 10.2. The zero-order chi connectivity index (χ0) is 24.9. The maximum absolute atomic E-state index is 14.0. The molecule has 1 aromatic rings. The number of amides is 1. The van der Waals surface area contributed by atoms with Gasteiger partial charge in [-0.25, -0.2) is 0 Å². The van der Waals surface area contributed by atoms with Crippen molar-refractivity contribution in [1.82, 2.24) is 4.90 Å². The second kappa shape index (κ2) is 9.37. The first-order valence-corrected chi connectivity index (χ1v) is 12.5. The van der Waals surface area contributed by atoms with Gasteiger partial charge in [0, 0.05) is 13.2 Å². The fourth-order valence-corrected chi connectivity index (χ4v) is 6.11. The molecular weight excluding hydrogens is 450 g/mol. The summed E-state index contributed by atoms with van der Waals surface area (Å²) in [5.74, 6) is 2.02. The molecule has 4 aliphatic rings. The highest BCUT2D eigenvalue weighted by atomic mass is 16.5. The minimum Gasteiger partial charge on any atom is -0.493 e. The number of Topliss-reactive ketones (excluding diaryl/α,β-unsaturated/α-hetero) is 1. The number of hydrogen-bond acceptors (Lipinski definition) is 7. The number of carbonyl (C=O) groups excluding carboxylic acids is 2. The van der Waals surface area contributed by atoms with E-state index in [1.54, 1.807) is 26.2 Å². The fraction of sp³-hybridized carbons (Fsp3) is 0.630. The Labute approximate surface area is 206 Å². The molecule has 0 N–H and O–H groups in total. The first-order chi connectivity index (χ1) is 16.9. The standard InChI is InChI=1S/C27H35NO7/c1-14-9-18-19(10-15(14)2)35-26-22(24(18)29)23(28(27(26)30)13-17-7-6-8-34-17)16-11-20(31-3)25(33-5)21(12-16)32-4/h11-12,14-15,17-19,23H,6-10,13H2,1-5H3. The molecule has 35 heavy (non-hydrogen) atoms. The van der Waals surface area contributed by atoms with Crippen LogP contribution in [0, 0.1) is 17.8 Å². The van der Waals surface area contributed by atoms with Crippen LogP contribution in [0.2, 0.25) is 0 Å². The van der Waals surface area contributed by atoms with Gasteiger partial charge in [0.05, 0.1) is 45.0 Å². The van der Waals surface area contributed by atoms with Crippen molar-refractivity contribution in [2.24, 2.45) is 17.8 Å². The number of benzene rings is 1. The van der Waals surface area contributed by atoms with E-state index >= 15 is 0 Å². The molecule has 1 saturated heterocycles. The molecule has 8 heteroatoms. The molecule has 3 aliphatic heterocycles. The summed E-state index contributed by atoms with van der Waals surface area (Å²) in [7, 11) is 4.66. The molecule has 1 saturated carbocycles. The van der Waals surface area contributed by atoms with E-state index in [0.29, 0.717) is 47.8 Å². The third kappa shape index (κ3) is 3.96. The summed E-state index contributed by atoms with van der Waals surface area (Å²) in [4.78, 5) is 29.5. The predicted octanol–water partition coefficient (Wildman–Crippen LogP) is 3.68. The Hall–Kier alpha value is -2.74. The Morgan fingerprint density at radius 3 is 2.29 bits per heavy atom. The minimum absolute atomic E-state index is 0.0249. The Bertz CT molecular complexity index is 1020. The number of methoxy groups -OCH3 is 3. The maximum Gasteiger partial charge on any atom is 0.290 e. The van der Waals surface area contributed by atoms with Gasteiger partial charge in [0.1, 0.15) is 6.10 Å². The van der Waals surface area contributed by atoms with Crippen LogP contribution in [0.5, 0.6) is 17.2 Å². The van der Waals surface area contributed by atoms with Crippen molar-refractivity contribution < 1.29 is 33.3 Å². The molecule has 6 unspecified atom stereocenters. The number of fused-ring (bicyclic) bond motifs is 1. The van der Waals surface area contributed by atoms with E-state index < -0.39 is 6.04 Å². The first-order valence-electron chi connectivity index (χ1n) is 12.5. The van der Waals surface area contributed by atoms with Crippen molar-refractivity contribution in [3.8, 4) is 17.2 Å². The third-order valence-corrected chi connectivity index (χ3v) is 8.23. The van der Waals surface area contributed by atoms with E-state index in [-0.39, 0.29) is 35.6 Å². The van der Waals surface area contributed by atoms with Gasteiger partial charge in [0.25, 0.3) is 5.91 Å². The number of carbonyl (C=O) groups is 2. The largest absolute Gasteiger partial charge is 0.493 e. The quantitative estimate of drug-likeness (QED) is 0.608. The molecule has 5 rings (SSSR count). The molecular formula is C27H35NO7. The number of ether oxygens (including phenoxy) is 5. The molecule has 0 spiro atoms. The third-order valence-electron chi connectivity index (χ3n) is 8.23. The Morgan fingerprint density at radius 2 is 1.69 bits per heavy atom. The van der Waals surface area contributed by atoms with Crippen molar-refractivity contribution in [1.29, 1.82) is 0 Å². The van der Waals surface area contributed by atoms with Gasteiger partial charge in [-0.05, 0) is 55.2 Å². The van der Waals surface area contributed by atoms with E-state index in [1.807, 2.05) is 12.1 Å². The van der Waals surface area contributed by atoms with Crippen molar-refractivity contribution in [2.45, 2.75) is 57.8 Å². The highest BCUT2D eigenvalue weighted by Gasteiger charge is 2.54. The smallest absolute Gasteiger partial charge is 0.290 e. The summed E-state index contributed by atoms with van der Waals surface area (Å²) in [5.41, 5.74) is 1.17. The average Bonchev–Trinajstić information content (AvgIpc) is 3.47. The predicted molar refractivity (Wildman–Crippen MR) is 127 cm³/mol. The van der Waals surface area contributed by atoms with Crippen LogP contribution >= 0.6 is 0 Å². The van der Waals surface area contributed by atoms with Gasteiger partial charge in [-0.1, -0.05) is 13.8 Å². The highest BCUT2D eigenvalue weighted by molar-refractivity contribution is 6.11. The SMILES string of the molecule is COc1cc(C2C3=C(OC4CC(C)C(C)CC4C3=O)C(=O)N2CC2CCCO2)cc(OC)c1OC. The molecule has 0 aromatic heterocycles. The molecule has 6 atom stereocenters. The Balaban J connectivity index is 1.61. The Kier molecular flexibility index (Phi) is 6.42. The molecule has 1 aromatic carbocycles. The molecule has 0 radical (unpaired) electrons. The number of hydrogen-bond donors (Lipinski definition) is 0. The maximum atomic E-state index is 14.0. The van der Waals surface area contributed by atoms with Gasteiger partial charge in [-0.15, -0.1) is 0 Å². The average molecular weight is 486 g/mol. The Morgan fingerprint density at radius 1 is 1.00 bits per heavy atom. The molecule has 1 aliphatic carbocycles. The van der Waals surface area contributed by atoms with Crippen LogP contribution < -0.4 is 14.2 Å². The van der Waals surface area contributed by atoms with E-state index in [4.69, 9.17) is 23.7 Å². The highest BCUT2D eigenvalue weighted by Crippen LogP contribution is 2.50. The number of nitrogens with zero attached hydrogens (tertiary/aromatic N) is 1. The van der Waals surface area contributed by atoms with E-state index in [0.717, 1.165) is 31.2 Å². The van der Waals surface area contributed by atoms with Gasteiger partial charge in [-0.2, -0.15) is 0 Å². The topological polar surface area (TPSA) is 83.5 Å². The summed E-state index contributed by atoms with van der Waals surface area (Å²) in [5, 5.41) is 0. The van der Waals surface area contributed by atoms with Crippen LogP contribution in [-0.4, -0.2) is 63.3 Å². The summed E-state index contributed by atoms with van der Waals surface area (Å²) < 4.78 is 28.9. The minimum atomic E-state index is -0.599. The lowest BCUT2D eigenvalue weighted by Crippen LogP contribution is -2.43. The summed E-state index contributed by atoms with van der Waals surface area (Å²) in [6, 6.07) is 3.05. The van der Waals surface area contributed by atoms with E-state index in [9.17, 15) is 9.59 Å². The van der Waals surface area contributed by atoms with Gasteiger partial charge >= 0.3 is 0 Å².